The molecule has 104 valence electrons. The van der Waals surface area contributed by atoms with E-state index in [2.05, 4.69) is 5.32 Å². The first-order valence-corrected chi connectivity index (χ1v) is 5.62. The Hall–Kier alpha value is -1.98. The Labute approximate surface area is 109 Å². The van der Waals surface area contributed by atoms with Crippen LogP contribution in [0.1, 0.15) is 31.1 Å². The number of rotatable bonds is 3. The molecule has 0 radical (unpaired) electrons. The Morgan fingerprint density at radius 2 is 1.84 bits per heavy atom. The van der Waals surface area contributed by atoms with Crippen LogP contribution in [0.15, 0.2) is 18.2 Å². The average Bonchev–Trinajstić information content (AvgIpc) is 2.27. The van der Waals surface area contributed by atoms with Crippen LogP contribution in [0, 0.1) is 17.0 Å². The van der Waals surface area contributed by atoms with Crippen molar-refractivity contribution in [2.24, 2.45) is 5.41 Å². The van der Waals surface area contributed by atoms with Gasteiger partial charge in [-0.1, -0.05) is 26.8 Å². The summed E-state index contributed by atoms with van der Waals surface area (Å²) in [6.45, 7) is 4.86. The zero-order chi connectivity index (χ0) is 14.8. The Morgan fingerprint density at radius 1 is 1.26 bits per heavy atom. The second-order valence-corrected chi connectivity index (χ2v) is 5.21. The molecular weight excluding hydrogens is 256 g/mol. The molecule has 0 heterocycles. The summed E-state index contributed by atoms with van der Waals surface area (Å²) in [4.78, 5) is 22.9. The highest BCUT2D eigenvalue weighted by molar-refractivity contribution is 5.97. The fourth-order valence-corrected chi connectivity index (χ4v) is 1.54. The maximum atomic E-state index is 13.4. The number of carboxylic acid groups (broad SMARTS) is 1. The van der Waals surface area contributed by atoms with E-state index >= 15 is 0 Å². The van der Waals surface area contributed by atoms with Gasteiger partial charge in [-0.2, -0.15) is 0 Å². The van der Waals surface area contributed by atoms with Gasteiger partial charge in [-0.3, -0.25) is 4.79 Å². The lowest BCUT2D eigenvalue weighted by Gasteiger charge is -2.27. The van der Waals surface area contributed by atoms with Gasteiger partial charge in [-0.25, -0.2) is 13.6 Å². The lowest BCUT2D eigenvalue weighted by molar-refractivity contribution is -0.142. The first-order chi connectivity index (χ1) is 8.64. The van der Waals surface area contributed by atoms with Crippen LogP contribution in [0.5, 0.6) is 0 Å². The van der Waals surface area contributed by atoms with Crippen molar-refractivity contribution in [2.45, 2.75) is 26.8 Å². The first kappa shape index (κ1) is 15.1. The first-order valence-electron chi connectivity index (χ1n) is 5.62. The van der Waals surface area contributed by atoms with Gasteiger partial charge >= 0.3 is 5.97 Å². The topological polar surface area (TPSA) is 66.4 Å². The summed E-state index contributed by atoms with van der Waals surface area (Å²) in [6.07, 6.45) is 0. The number of hydrogen-bond donors (Lipinski definition) is 2. The molecule has 1 rings (SSSR count). The molecule has 0 saturated heterocycles. The van der Waals surface area contributed by atoms with Crippen molar-refractivity contribution in [1.29, 1.82) is 0 Å². The van der Waals surface area contributed by atoms with Crippen molar-refractivity contribution >= 4 is 11.9 Å². The number of amides is 1. The highest BCUT2D eigenvalue weighted by atomic mass is 19.2. The SMILES string of the molecule is CC(C)(C)C(NC(=O)c1cccc(F)c1F)C(=O)O. The number of aliphatic carboxylic acids is 1. The van der Waals surface area contributed by atoms with Gasteiger partial charge in [0.05, 0.1) is 5.56 Å². The van der Waals surface area contributed by atoms with Gasteiger partial charge in [0.2, 0.25) is 0 Å². The number of nitrogens with one attached hydrogen (secondary N) is 1. The molecular formula is C13H15F2NO3. The van der Waals surface area contributed by atoms with E-state index in [1.165, 1.54) is 6.07 Å². The lowest BCUT2D eigenvalue weighted by Crippen LogP contribution is -2.49. The van der Waals surface area contributed by atoms with E-state index in [1.807, 2.05) is 0 Å². The monoisotopic (exact) mass is 271 g/mol. The molecule has 1 aromatic carbocycles. The van der Waals surface area contributed by atoms with Gasteiger partial charge in [-0.15, -0.1) is 0 Å². The Balaban J connectivity index is 3.02. The molecule has 1 unspecified atom stereocenters. The van der Waals surface area contributed by atoms with Crippen LogP contribution in [-0.2, 0) is 4.79 Å². The molecule has 0 bridgehead atoms. The maximum absolute atomic E-state index is 13.4. The highest BCUT2D eigenvalue weighted by Crippen LogP contribution is 2.20. The van der Waals surface area contributed by atoms with Crippen LogP contribution in [0.2, 0.25) is 0 Å². The second-order valence-electron chi connectivity index (χ2n) is 5.21. The molecule has 2 N–H and O–H groups in total. The third-order valence-corrected chi connectivity index (χ3v) is 2.58. The summed E-state index contributed by atoms with van der Waals surface area (Å²) >= 11 is 0. The van der Waals surface area contributed by atoms with Crippen molar-refractivity contribution in [2.75, 3.05) is 0 Å². The molecule has 1 aromatic rings. The fourth-order valence-electron chi connectivity index (χ4n) is 1.54. The molecule has 0 aliphatic heterocycles. The predicted molar refractivity (Wildman–Crippen MR) is 64.7 cm³/mol. The quantitative estimate of drug-likeness (QED) is 0.885. The number of carboxylic acids is 1. The van der Waals surface area contributed by atoms with Crippen LogP contribution in [0.3, 0.4) is 0 Å². The fraction of sp³-hybridized carbons (Fsp3) is 0.385. The van der Waals surface area contributed by atoms with E-state index < -0.39 is 40.5 Å². The molecule has 19 heavy (non-hydrogen) atoms. The normalized spacial score (nSPS) is 12.9. The van der Waals surface area contributed by atoms with Crippen LogP contribution in [-0.4, -0.2) is 23.0 Å². The smallest absolute Gasteiger partial charge is 0.326 e. The van der Waals surface area contributed by atoms with Crippen LogP contribution < -0.4 is 5.32 Å². The predicted octanol–water partition coefficient (Wildman–Crippen LogP) is 2.19. The molecule has 0 fully saturated rings. The van der Waals surface area contributed by atoms with Crippen LogP contribution in [0.4, 0.5) is 8.78 Å². The van der Waals surface area contributed by atoms with Crippen molar-refractivity contribution in [3.05, 3.63) is 35.4 Å². The number of halogens is 2. The average molecular weight is 271 g/mol. The number of carbonyl (C=O) groups excluding carboxylic acids is 1. The van der Waals surface area contributed by atoms with Gasteiger partial charge in [0.25, 0.3) is 5.91 Å². The van der Waals surface area contributed by atoms with Gasteiger partial charge in [0.15, 0.2) is 11.6 Å². The van der Waals surface area contributed by atoms with Crippen molar-refractivity contribution in [1.82, 2.24) is 5.32 Å². The minimum atomic E-state index is -1.29. The number of carbonyl (C=O) groups is 2. The van der Waals surface area contributed by atoms with E-state index in [0.29, 0.717) is 0 Å². The minimum absolute atomic E-state index is 0.518. The number of benzene rings is 1. The zero-order valence-electron chi connectivity index (χ0n) is 10.8. The summed E-state index contributed by atoms with van der Waals surface area (Å²) in [5, 5.41) is 11.2. The third-order valence-electron chi connectivity index (χ3n) is 2.58. The van der Waals surface area contributed by atoms with E-state index in [4.69, 9.17) is 5.11 Å². The molecule has 0 spiro atoms. The Morgan fingerprint density at radius 3 is 2.32 bits per heavy atom. The Bertz CT molecular complexity index is 509. The molecule has 4 nitrogen and oxygen atoms in total. The molecule has 0 saturated carbocycles. The van der Waals surface area contributed by atoms with Crippen molar-refractivity contribution < 1.29 is 23.5 Å². The van der Waals surface area contributed by atoms with Crippen molar-refractivity contribution in [3.63, 3.8) is 0 Å². The standard InChI is InChI=1S/C13H15F2NO3/c1-13(2,3)10(12(18)19)16-11(17)7-5-4-6-8(14)9(7)15/h4-6,10H,1-3H3,(H,16,17)(H,18,19). The van der Waals surface area contributed by atoms with E-state index in [1.54, 1.807) is 20.8 Å². The van der Waals surface area contributed by atoms with Gasteiger partial charge in [0.1, 0.15) is 6.04 Å². The van der Waals surface area contributed by atoms with E-state index in [9.17, 15) is 18.4 Å². The molecule has 1 amide bonds. The van der Waals surface area contributed by atoms with E-state index in [-0.39, 0.29) is 0 Å². The summed E-state index contributed by atoms with van der Waals surface area (Å²) < 4.78 is 26.4. The van der Waals surface area contributed by atoms with E-state index in [0.717, 1.165) is 12.1 Å². The van der Waals surface area contributed by atoms with Crippen LogP contribution >= 0.6 is 0 Å². The molecule has 0 aliphatic rings. The summed E-state index contributed by atoms with van der Waals surface area (Å²) in [6, 6.07) is 1.95. The van der Waals surface area contributed by atoms with Crippen LogP contribution in [0.25, 0.3) is 0 Å². The molecule has 0 aromatic heterocycles. The third kappa shape index (κ3) is 3.49. The Kier molecular flexibility index (Phi) is 4.24. The number of hydrogen-bond acceptors (Lipinski definition) is 2. The molecule has 6 heteroatoms. The zero-order valence-corrected chi connectivity index (χ0v) is 10.8. The van der Waals surface area contributed by atoms with Gasteiger partial charge in [-0.05, 0) is 17.5 Å². The molecule has 0 aliphatic carbocycles. The maximum Gasteiger partial charge on any atom is 0.326 e. The largest absolute Gasteiger partial charge is 0.480 e. The van der Waals surface area contributed by atoms with Gasteiger partial charge in [0, 0.05) is 0 Å². The second kappa shape index (κ2) is 5.34. The summed E-state index contributed by atoms with van der Waals surface area (Å²) in [5.74, 6) is -4.65. The highest BCUT2D eigenvalue weighted by Gasteiger charge is 2.33. The van der Waals surface area contributed by atoms with Gasteiger partial charge < -0.3 is 10.4 Å². The molecule has 1 atom stereocenters. The minimum Gasteiger partial charge on any atom is -0.480 e. The summed E-state index contributed by atoms with van der Waals surface area (Å²) in [7, 11) is 0. The lowest BCUT2D eigenvalue weighted by atomic mass is 9.86. The summed E-state index contributed by atoms with van der Waals surface area (Å²) in [5.41, 5.74) is -1.28. The van der Waals surface area contributed by atoms with Crippen molar-refractivity contribution in [3.8, 4) is 0 Å².